The van der Waals surface area contributed by atoms with Gasteiger partial charge in [0, 0.05) is 41.7 Å². The first-order valence-electron chi connectivity index (χ1n) is 11.0. The second-order valence-electron chi connectivity index (χ2n) is 7.87. The summed E-state index contributed by atoms with van der Waals surface area (Å²) in [6.07, 6.45) is 6.19. The van der Waals surface area contributed by atoms with Crippen molar-refractivity contribution in [1.82, 2.24) is 0 Å². The lowest BCUT2D eigenvalue weighted by Gasteiger charge is -2.11. The number of allylic oxidation sites excluding steroid dienone is 1. The summed E-state index contributed by atoms with van der Waals surface area (Å²) in [5, 5.41) is 10.4. The lowest BCUT2D eigenvalue weighted by molar-refractivity contribution is 0.102. The first-order chi connectivity index (χ1) is 16.3. The highest BCUT2D eigenvalue weighted by atomic mass is 32.1. The minimum atomic E-state index is -0.863. The maximum Gasteiger partial charge on any atom is 0.432 e. The fraction of sp³-hybridized carbons (Fsp3) is 0.440. The summed E-state index contributed by atoms with van der Waals surface area (Å²) in [5.41, 5.74) is -0.899. The Morgan fingerprint density at radius 3 is 2.71 bits per heavy atom. The second kappa shape index (κ2) is 13.6. The van der Waals surface area contributed by atoms with Gasteiger partial charge < -0.3 is 19.0 Å². The summed E-state index contributed by atoms with van der Waals surface area (Å²) >= 11 is 1.57. The van der Waals surface area contributed by atoms with Crippen LogP contribution in [0.1, 0.15) is 71.3 Å². The van der Waals surface area contributed by atoms with E-state index in [1.807, 2.05) is 19.1 Å². The van der Waals surface area contributed by atoms with Gasteiger partial charge in [-0.15, -0.1) is 11.3 Å². The summed E-state index contributed by atoms with van der Waals surface area (Å²) < 4.78 is 14.9. The van der Waals surface area contributed by atoms with E-state index >= 15 is 0 Å². The maximum absolute atomic E-state index is 12.9. The van der Waals surface area contributed by atoms with E-state index in [4.69, 9.17) is 9.15 Å². The molecule has 0 bridgehead atoms. The third kappa shape index (κ3) is 8.07. The Hall–Kier alpha value is -3.04. The molecule has 1 N–H and O–H groups in total. The van der Waals surface area contributed by atoms with Crippen molar-refractivity contribution >= 4 is 35.5 Å². The lowest BCUT2D eigenvalue weighted by Crippen LogP contribution is -2.16. The van der Waals surface area contributed by atoms with Crippen molar-refractivity contribution in [2.24, 2.45) is 4.99 Å². The van der Waals surface area contributed by atoms with Crippen molar-refractivity contribution in [1.29, 1.82) is 0 Å². The van der Waals surface area contributed by atoms with Crippen LogP contribution in [0.2, 0.25) is 0 Å². The number of Topliss-reactive ketones (excluding diaryl/α,β-unsaturated/α-hetero) is 1. The predicted octanol–water partition coefficient (Wildman–Crippen LogP) is 5.38. The zero-order valence-corrected chi connectivity index (χ0v) is 20.8. The number of nitrogens with zero attached hydrogens (tertiary/aromatic N) is 1. The number of ether oxygens (including phenoxy) is 2. The van der Waals surface area contributed by atoms with Gasteiger partial charge in [-0.25, -0.2) is 9.59 Å². The van der Waals surface area contributed by atoms with Crippen LogP contribution in [0.15, 0.2) is 38.0 Å². The fourth-order valence-corrected chi connectivity index (χ4v) is 4.33. The summed E-state index contributed by atoms with van der Waals surface area (Å²) in [6, 6.07) is 5.26. The number of carbonyl (C=O) groups is 2. The minimum absolute atomic E-state index is 0.173. The van der Waals surface area contributed by atoms with Gasteiger partial charge in [-0.05, 0) is 62.8 Å². The van der Waals surface area contributed by atoms with Crippen LogP contribution in [0.3, 0.4) is 0 Å². The van der Waals surface area contributed by atoms with Crippen molar-refractivity contribution in [3.05, 3.63) is 55.3 Å². The first-order valence-corrected chi connectivity index (χ1v) is 11.9. The Morgan fingerprint density at radius 2 is 2.03 bits per heavy atom. The molecule has 1 atom stereocenters. The van der Waals surface area contributed by atoms with Gasteiger partial charge in [0.15, 0.2) is 5.78 Å². The lowest BCUT2D eigenvalue weighted by atomic mass is 9.99. The molecule has 34 heavy (non-hydrogen) atoms. The largest absolute Gasteiger partial charge is 0.507 e. The number of aromatic hydroxyl groups is 1. The smallest absolute Gasteiger partial charge is 0.432 e. The van der Waals surface area contributed by atoms with Crippen LogP contribution >= 0.6 is 11.3 Å². The Bertz CT molecular complexity index is 1100. The average molecular weight is 490 g/mol. The van der Waals surface area contributed by atoms with E-state index in [-0.39, 0.29) is 11.5 Å². The van der Waals surface area contributed by atoms with E-state index in [0.29, 0.717) is 37.2 Å². The molecule has 2 aromatic rings. The number of methoxy groups -OCH3 is 2. The number of thiophene rings is 1. The molecular formula is C25H31NO7S. The third-order valence-corrected chi connectivity index (χ3v) is 6.27. The van der Waals surface area contributed by atoms with Crippen LogP contribution < -0.4 is 5.63 Å². The highest BCUT2D eigenvalue weighted by Gasteiger charge is 2.22. The van der Waals surface area contributed by atoms with Crippen LogP contribution in [0.25, 0.3) is 6.08 Å². The number of ketones is 1. The Morgan fingerprint density at radius 1 is 1.26 bits per heavy atom. The Labute approximate surface area is 202 Å². The molecule has 1 unspecified atom stereocenters. The summed E-state index contributed by atoms with van der Waals surface area (Å²) in [7, 11) is 2.92. The van der Waals surface area contributed by atoms with E-state index in [1.54, 1.807) is 31.4 Å². The molecular weight excluding hydrogens is 458 g/mol. The van der Waals surface area contributed by atoms with Gasteiger partial charge in [0.1, 0.15) is 17.1 Å². The number of hydrogen-bond donors (Lipinski definition) is 1. The van der Waals surface area contributed by atoms with Crippen molar-refractivity contribution in [2.75, 3.05) is 20.8 Å². The highest BCUT2D eigenvalue weighted by Crippen LogP contribution is 2.27. The maximum atomic E-state index is 12.9. The van der Waals surface area contributed by atoms with Crippen LogP contribution in [-0.4, -0.2) is 44.0 Å². The number of carbonyl (C=O) groups excluding carboxylic acids is 2. The number of amides is 1. The Kier molecular flexibility index (Phi) is 10.9. The standard InChI is InChI=1S/C25H31NO7S/c1-16(8-5-6-12-26-25(30)32-4)21-15-20(27)22(24(29)33-21)23(28)17(2)14-19-11-10-18(34-19)9-7-13-31-3/h10-12,14-16,27H,5-9,13H2,1-4H3. The molecule has 0 aromatic carbocycles. The minimum Gasteiger partial charge on any atom is -0.507 e. The Balaban J connectivity index is 2.06. The van der Waals surface area contributed by atoms with Gasteiger partial charge in [0.05, 0.1) is 7.11 Å². The molecule has 0 aliphatic heterocycles. The van der Waals surface area contributed by atoms with Gasteiger partial charge in [-0.1, -0.05) is 6.92 Å². The molecule has 0 radical (unpaired) electrons. The van der Waals surface area contributed by atoms with Crippen LogP contribution in [-0.2, 0) is 15.9 Å². The fourth-order valence-electron chi connectivity index (χ4n) is 3.27. The molecule has 0 saturated carbocycles. The second-order valence-corrected chi connectivity index (χ2v) is 9.07. The summed E-state index contributed by atoms with van der Waals surface area (Å²) in [5.74, 6) is -0.841. The van der Waals surface area contributed by atoms with E-state index in [1.165, 1.54) is 24.3 Å². The first kappa shape index (κ1) is 27.2. The molecule has 0 aliphatic carbocycles. The van der Waals surface area contributed by atoms with Gasteiger partial charge >= 0.3 is 11.7 Å². The van der Waals surface area contributed by atoms with Gasteiger partial charge in [0.25, 0.3) is 0 Å². The number of unbranched alkanes of at least 4 members (excludes halogenated alkanes) is 1. The van der Waals surface area contributed by atoms with Crippen molar-refractivity contribution < 1.29 is 28.6 Å². The molecule has 2 aromatic heterocycles. The zero-order valence-electron chi connectivity index (χ0n) is 20.0. The summed E-state index contributed by atoms with van der Waals surface area (Å²) in [4.78, 5) is 42.0. The zero-order chi connectivity index (χ0) is 25.1. The number of aryl methyl sites for hydroxylation is 1. The van der Waals surface area contributed by atoms with E-state index in [2.05, 4.69) is 9.73 Å². The molecule has 0 fully saturated rings. The normalized spacial score (nSPS) is 12.8. The predicted molar refractivity (Wildman–Crippen MR) is 132 cm³/mol. The van der Waals surface area contributed by atoms with Crippen LogP contribution in [0.5, 0.6) is 5.75 Å². The topological polar surface area (TPSA) is 115 Å². The molecule has 2 heterocycles. The number of aliphatic imine (C=N–C) groups is 1. The molecule has 2 rings (SSSR count). The number of rotatable bonds is 12. The van der Waals surface area contributed by atoms with Crippen molar-refractivity contribution in [3.8, 4) is 5.75 Å². The average Bonchev–Trinajstić information content (AvgIpc) is 3.25. The van der Waals surface area contributed by atoms with E-state index in [0.717, 1.165) is 17.7 Å². The SMILES string of the molecule is COCCCc1ccc(C=C(C)C(=O)c2c(O)cc(C(C)CCCC=NC(=O)OC)oc2=O)s1. The van der Waals surface area contributed by atoms with E-state index < -0.39 is 23.3 Å². The third-order valence-electron chi connectivity index (χ3n) is 5.18. The van der Waals surface area contributed by atoms with Gasteiger partial charge in [0.2, 0.25) is 0 Å². The van der Waals surface area contributed by atoms with Crippen molar-refractivity contribution in [2.45, 2.75) is 51.9 Å². The van der Waals surface area contributed by atoms with Gasteiger partial charge in [-0.3, -0.25) is 4.79 Å². The summed E-state index contributed by atoms with van der Waals surface area (Å²) in [6.45, 7) is 4.15. The molecule has 9 heteroatoms. The molecule has 0 saturated heterocycles. The van der Waals surface area contributed by atoms with Crippen LogP contribution in [0.4, 0.5) is 4.79 Å². The van der Waals surface area contributed by atoms with Crippen LogP contribution in [0, 0.1) is 0 Å². The van der Waals surface area contributed by atoms with Crippen molar-refractivity contribution in [3.63, 3.8) is 0 Å². The van der Waals surface area contributed by atoms with Gasteiger partial charge in [-0.2, -0.15) is 4.99 Å². The molecule has 0 spiro atoms. The van der Waals surface area contributed by atoms with E-state index in [9.17, 15) is 19.5 Å². The quantitative estimate of drug-likeness (QED) is 0.184. The number of hydrogen-bond acceptors (Lipinski definition) is 8. The highest BCUT2D eigenvalue weighted by molar-refractivity contribution is 7.12. The molecule has 1 amide bonds. The monoisotopic (exact) mass is 489 g/mol. The molecule has 8 nitrogen and oxygen atoms in total. The molecule has 184 valence electrons. The molecule has 0 aliphatic rings.